The van der Waals surface area contributed by atoms with Crippen molar-refractivity contribution in [3.8, 4) is 0 Å². The van der Waals surface area contributed by atoms with Crippen LogP contribution in [-0.2, 0) is 16.0 Å². The summed E-state index contributed by atoms with van der Waals surface area (Å²) in [6.07, 6.45) is 0.867. The van der Waals surface area contributed by atoms with Crippen molar-refractivity contribution in [2.45, 2.75) is 18.2 Å². The first-order valence-corrected chi connectivity index (χ1v) is 11.3. The maximum absolute atomic E-state index is 12.9. The molecule has 0 fully saturated rings. The van der Waals surface area contributed by atoms with E-state index in [1.54, 1.807) is 36.4 Å². The molecule has 0 unspecified atom stereocenters. The van der Waals surface area contributed by atoms with Crippen molar-refractivity contribution in [1.29, 1.82) is 0 Å². The molecule has 0 radical (unpaired) electrons. The Bertz CT molecular complexity index is 1160. The molecular weight excluding hydrogens is 422 g/mol. The quantitative estimate of drug-likeness (QED) is 0.545. The van der Waals surface area contributed by atoms with Gasteiger partial charge >= 0.3 is 0 Å². The lowest BCUT2D eigenvalue weighted by molar-refractivity contribution is -0.116. The molecule has 0 atom stereocenters. The van der Waals surface area contributed by atoms with Crippen LogP contribution >= 0.6 is 11.8 Å². The Balaban J connectivity index is 1.41. The fraction of sp³-hybridized carbons (Fsp3) is 0.160. The van der Waals surface area contributed by atoms with Gasteiger partial charge in [-0.2, -0.15) is 0 Å². The molecule has 6 nitrogen and oxygen atoms in total. The van der Waals surface area contributed by atoms with Crippen LogP contribution < -0.4 is 15.5 Å². The van der Waals surface area contributed by atoms with E-state index in [9.17, 15) is 14.4 Å². The highest BCUT2D eigenvalue weighted by Crippen LogP contribution is 2.30. The molecule has 0 saturated heterocycles. The van der Waals surface area contributed by atoms with Crippen LogP contribution in [0.1, 0.15) is 22.8 Å². The molecule has 3 aromatic carbocycles. The number of nitrogens with zero attached hydrogens (tertiary/aromatic N) is 1. The predicted octanol–water partition coefficient (Wildman–Crippen LogP) is 4.58. The third-order valence-corrected chi connectivity index (χ3v) is 6.19. The van der Waals surface area contributed by atoms with Crippen LogP contribution in [-0.4, -0.2) is 30.0 Å². The Kier molecular flexibility index (Phi) is 6.56. The second-order valence-corrected chi connectivity index (χ2v) is 8.44. The van der Waals surface area contributed by atoms with Crippen LogP contribution in [0.25, 0.3) is 0 Å². The summed E-state index contributed by atoms with van der Waals surface area (Å²) in [6, 6.07) is 22.1. The molecule has 0 spiro atoms. The molecule has 4 rings (SSSR count). The summed E-state index contributed by atoms with van der Waals surface area (Å²) < 4.78 is 0. The molecule has 1 heterocycles. The fourth-order valence-electron chi connectivity index (χ4n) is 3.63. The Hall–Kier alpha value is -3.58. The van der Waals surface area contributed by atoms with Crippen LogP contribution in [0.5, 0.6) is 0 Å². The monoisotopic (exact) mass is 445 g/mol. The van der Waals surface area contributed by atoms with E-state index < -0.39 is 0 Å². The summed E-state index contributed by atoms with van der Waals surface area (Å²) in [5.74, 6) is -0.118. The number of thioether (sulfide) groups is 1. The first-order valence-electron chi connectivity index (χ1n) is 10.3. The second kappa shape index (κ2) is 9.70. The third kappa shape index (κ3) is 5.00. The smallest absolute Gasteiger partial charge is 0.256 e. The van der Waals surface area contributed by atoms with E-state index in [0.29, 0.717) is 23.5 Å². The zero-order valence-electron chi connectivity index (χ0n) is 17.6. The number of benzene rings is 3. The Morgan fingerprint density at radius 2 is 1.53 bits per heavy atom. The Labute approximate surface area is 191 Å². The molecule has 162 valence electrons. The zero-order chi connectivity index (χ0) is 22.5. The lowest BCUT2D eigenvalue weighted by atomic mass is 10.2. The van der Waals surface area contributed by atoms with E-state index in [4.69, 9.17) is 0 Å². The van der Waals surface area contributed by atoms with Crippen molar-refractivity contribution in [1.82, 2.24) is 0 Å². The van der Waals surface area contributed by atoms with E-state index in [-0.39, 0.29) is 23.5 Å². The largest absolute Gasteiger partial charge is 0.326 e. The molecule has 0 saturated carbocycles. The molecule has 2 N–H and O–H groups in total. The average Bonchev–Trinajstić information content (AvgIpc) is 3.23. The SMILES string of the molecule is CC(=O)Nc1ccc(NC(=O)c2ccccc2SCC(=O)N2CCc3ccccc32)cc1. The maximum Gasteiger partial charge on any atom is 0.256 e. The maximum atomic E-state index is 12.9. The van der Waals surface area contributed by atoms with Crippen LogP contribution in [0.15, 0.2) is 77.7 Å². The van der Waals surface area contributed by atoms with Gasteiger partial charge in [-0.05, 0) is 54.4 Å². The first-order chi connectivity index (χ1) is 15.5. The minimum Gasteiger partial charge on any atom is -0.326 e. The van der Waals surface area contributed by atoms with Crippen molar-refractivity contribution < 1.29 is 14.4 Å². The van der Waals surface area contributed by atoms with Gasteiger partial charge in [0.2, 0.25) is 11.8 Å². The van der Waals surface area contributed by atoms with Crippen LogP contribution in [0.4, 0.5) is 17.1 Å². The molecular formula is C25H23N3O3S. The summed E-state index contributed by atoms with van der Waals surface area (Å²) >= 11 is 1.37. The number of carbonyl (C=O) groups excluding carboxylic acids is 3. The Morgan fingerprint density at radius 3 is 2.28 bits per heavy atom. The van der Waals surface area contributed by atoms with Crippen molar-refractivity contribution in [2.24, 2.45) is 0 Å². The molecule has 1 aliphatic heterocycles. The standard InChI is InChI=1S/C25H23N3O3S/c1-17(29)26-19-10-12-20(13-11-19)27-25(31)21-7-3-5-9-23(21)32-16-24(30)28-15-14-18-6-2-4-8-22(18)28/h2-13H,14-16H2,1H3,(H,26,29)(H,27,31). The van der Waals surface area contributed by atoms with Gasteiger partial charge in [-0.15, -0.1) is 11.8 Å². The minimum atomic E-state index is -0.251. The molecule has 7 heteroatoms. The normalized spacial score (nSPS) is 12.2. The van der Waals surface area contributed by atoms with Gasteiger partial charge in [-0.1, -0.05) is 30.3 Å². The van der Waals surface area contributed by atoms with E-state index in [1.807, 2.05) is 35.2 Å². The molecule has 32 heavy (non-hydrogen) atoms. The van der Waals surface area contributed by atoms with Crippen molar-refractivity contribution in [2.75, 3.05) is 27.8 Å². The highest BCUT2D eigenvalue weighted by atomic mass is 32.2. The van der Waals surface area contributed by atoms with Crippen LogP contribution in [0, 0.1) is 0 Å². The number of rotatable bonds is 6. The molecule has 3 amide bonds. The van der Waals surface area contributed by atoms with Gasteiger partial charge in [0.25, 0.3) is 5.91 Å². The first kappa shape index (κ1) is 21.6. The van der Waals surface area contributed by atoms with Gasteiger partial charge in [0, 0.05) is 35.4 Å². The highest BCUT2D eigenvalue weighted by Gasteiger charge is 2.24. The number of carbonyl (C=O) groups is 3. The van der Waals surface area contributed by atoms with Crippen LogP contribution in [0.2, 0.25) is 0 Å². The van der Waals surface area contributed by atoms with Crippen LogP contribution in [0.3, 0.4) is 0 Å². The molecule has 0 aromatic heterocycles. The predicted molar refractivity (Wildman–Crippen MR) is 128 cm³/mol. The summed E-state index contributed by atoms with van der Waals surface area (Å²) in [5, 5.41) is 5.57. The summed E-state index contributed by atoms with van der Waals surface area (Å²) in [5.41, 5.74) is 3.96. The number of para-hydroxylation sites is 1. The van der Waals surface area contributed by atoms with Gasteiger partial charge in [-0.25, -0.2) is 0 Å². The second-order valence-electron chi connectivity index (χ2n) is 7.42. The fourth-order valence-corrected chi connectivity index (χ4v) is 4.56. The van der Waals surface area contributed by atoms with E-state index in [2.05, 4.69) is 16.7 Å². The number of hydrogen-bond donors (Lipinski definition) is 2. The lowest BCUT2D eigenvalue weighted by Gasteiger charge is -2.17. The van der Waals surface area contributed by atoms with Gasteiger partial charge in [0.15, 0.2) is 0 Å². The summed E-state index contributed by atoms with van der Waals surface area (Å²) in [4.78, 5) is 39.4. The molecule has 1 aliphatic rings. The van der Waals surface area contributed by atoms with E-state index in [1.165, 1.54) is 24.2 Å². The highest BCUT2D eigenvalue weighted by molar-refractivity contribution is 8.00. The van der Waals surface area contributed by atoms with Crippen molar-refractivity contribution >= 4 is 46.5 Å². The third-order valence-electron chi connectivity index (χ3n) is 5.13. The average molecular weight is 446 g/mol. The van der Waals surface area contributed by atoms with Gasteiger partial charge in [0.1, 0.15) is 0 Å². The number of fused-ring (bicyclic) bond motifs is 1. The number of hydrogen-bond acceptors (Lipinski definition) is 4. The number of anilines is 3. The summed E-state index contributed by atoms with van der Waals surface area (Å²) in [6.45, 7) is 2.13. The molecule has 0 bridgehead atoms. The minimum absolute atomic E-state index is 0.0312. The van der Waals surface area contributed by atoms with Gasteiger partial charge < -0.3 is 15.5 Å². The van der Waals surface area contributed by atoms with E-state index >= 15 is 0 Å². The van der Waals surface area contributed by atoms with Crippen molar-refractivity contribution in [3.05, 3.63) is 83.9 Å². The lowest BCUT2D eigenvalue weighted by Crippen LogP contribution is -2.30. The zero-order valence-corrected chi connectivity index (χ0v) is 18.4. The van der Waals surface area contributed by atoms with Gasteiger partial charge in [-0.3, -0.25) is 14.4 Å². The summed E-state index contributed by atoms with van der Waals surface area (Å²) in [7, 11) is 0. The molecule has 3 aromatic rings. The Morgan fingerprint density at radius 1 is 0.875 bits per heavy atom. The topological polar surface area (TPSA) is 78.5 Å². The van der Waals surface area contributed by atoms with Gasteiger partial charge in [0.05, 0.1) is 11.3 Å². The van der Waals surface area contributed by atoms with Crippen molar-refractivity contribution in [3.63, 3.8) is 0 Å². The van der Waals surface area contributed by atoms with E-state index in [0.717, 1.165) is 17.0 Å². The number of nitrogens with one attached hydrogen (secondary N) is 2. The molecule has 0 aliphatic carbocycles. The number of amides is 3.